The van der Waals surface area contributed by atoms with Gasteiger partial charge in [0.05, 0.1) is 11.2 Å². The van der Waals surface area contributed by atoms with Crippen molar-refractivity contribution in [2.24, 2.45) is 0 Å². The lowest BCUT2D eigenvalue weighted by atomic mass is 10.1. The Morgan fingerprint density at radius 3 is 2.50 bits per heavy atom. The normalized spacial score (nSPS) is 15.2. The number of aliphatic hydroxyl groups is 1. The van der Waals surface area contributed by atoms with Crippen molar-refractivity contribution in [1.82, 2.24) is 4.98 Å². The molecule has 0 fully saturated rings. The summed E-state index contributed by atoms with van der Waals surface area (Å²) in [6.45, 7) is 1.88. The molecule has 0 bridgehead atoms. The first kappa shape index (κ1) is 15.1. The first-order valence-electron chi connectivity index (χ1n) is 5.23. The molecule has 0 radical (unpaired) electrons. The van der Waals surface area contributed by atoms with Crippen LogP contribution in [0, 0.1) is 0 Å². The van der Waals surface area contributed by atoms with Crippen LogP contribution in [-0.4, -0.2) is 34.2 Å². The smallest absolute Gasteiger partial charge is 0.387 e. The van der Waals surface area contributed by atoms with E-state index in [-0.39, 0.29) is 6.54 Å². The lowest BCUT2D eigenvalue weighted by Gasteiger charge is -2.22. The first-order valence-corrected chi connectivity index (χ1v) is 6.62. The summed E-state index contributed by atoms with van der Waals surface area (Å²) in [4.78, 5) is 3.66. The van der Waals surface area contributed by atoms with Crippen LogP contribution in [0.4, 0.5) is 19.0 Å². The van der Waals surface area contributed by atoms with Gasteiger partial charge in [-0.2, -0.15) is 24.9 Å². The predicted molar refractivity (Wildman–Crippen MR) is 66.7 cm³/mol. The highest BCUT2D eigenvalue weighted by Crippen LogP contribution is 2.28. The standard InChI is InChI=1S/C11H15F3N2OS/c1-10(17,7-18-2)6-16-9-4-3-8(5-15-9)11(12,13)14/h3-5,17H,6-7H2,1-2H3,(H,15,16). The van der Waals surface area contributed by atoms with E-state index < -0.39 is 17.3 Å². The number of rotatable bonds is 5. The van der Waals surface area contributed by atoms with Crippen LogP contribution in [0.1, 0.15) is 12.5 Å². The SMILES string of the molecule is CSCC(C)(O)CNc1ccc(C(F)(F)F)cn1. The van der Waals surface area contributed by atoms with Crippen LogP contribution >= 0.6 is 11.8 Å². The maximum Gasteiger partial charge on any atom is 0.417 e. The molecule has 0 saturated carbocycles. The van der Waals surface area contributed by atoms with Gasteiger partial charge in [-0.15, -0.1) is 0 Å². The molecule has 1 unspecified atom stereocenters. The molecule has 1 heterocycles. The Labute approximate surface area is 108 Å². The summed E-state index contributed by atoms with van der Waals surface area (Å²) in [5, 5.41) is 12.7. The van der Waals surface area contributed by atoms with Crippen molar-refractivity contribution in [2.45, 2.75) is 18.7 Å². The summed E-state index contributed by atoms with van der Waals surface area (Å²) in [5.41, 5.74) is -1.71. The summed E-state index contributed by atoms with van der Waals surface area (Å²) in [6, 6.07) is 2.20. The maximum absolute atomic E-state index is 12.3. The molecule has 0 saturated heterocycles. The topological polar surface area (TPSA) is 45.1 Å². The molecule has 1 aromatic heterocycles. The summed E-state index contributed by atoms with van der Waals surface area (Å²) < 4.78 is 36.9. The Kier molecular flexibility index (Phi) is 4.86. The number of alkyl halides is 3. The largest absolute Gasteiger partial charge is 0.417 e. The average Bonchev–Trinajstić information content (AvgIpc) is 2.26. The van der Waals surface area contributed by atoms with Crippen LogP contribution in [0.2, 0.25) is 0 Å². The molecule has 1 rings (SSSR count). The number of nitrogens with one attached hydrogen (secondary N) is 1. The number of pyridine rings is 1. The average molecular weight is 280 g/mol. The molecular weight excluding hydrogens is 265 g/mol. The van der Waals surface area contributed by atoms with E-state index in [1.54, 1.807) is 6.92 Å². The lowest BCUT2D eigenvalue weighted by Crippen LogP contribution is -2.36. The monoisotopic (exact) mass is 280 g/mol. The van der Waals surface area contributed by atoms with Gasteiger partial charge in [-0.25, -0.2) is 4.98 Å². The highest BCUT2D eigenvalue weighted by atomic mass is 32.2. The van der Waals surface area contributed by atoms with Crippen molar-refractivity contribution in [1.29, 1.82) is 0 Å². The molecule has 7 heteroatoms. The van der Waals surface area contributed by atoms with Gasteiger partial charge in [-0.1, -0.05) is 0 Å². The third-order valence-corrected chi connectivity index (χ3v) is 3.11. The molecule has 102 valence electrons. The van der Waals surface area contributed by atoms with E-state index in [9.17, 15) is 18.3 Å². The Morgan fingerprint density at radius 2 is 2.06 bits per heavy atom. The molecular formula is C11H15F3N2OS. The predicted octanol–water partition coefficient (Wildman–Crippen LogP) is 2.63. The van der Waals surface area contributed by atoms with Gasteiger partial charge in [0, 0.05) is 18.5 Å². The number of anilines is 1. The zero-order valence-corrected chi connectivity index (χ0v) is 10.9. The maximum atomic E-state index is 12.3. The van der Waals surface area contributed by atoms with Crippen LogP contribution in [0.15, 0.2) is 18.3 Å². The van der Waals surface area contributed by atoms with Crippen molar-refractivity contribution in [2.75, 3.05) is 23.9 Å². The quantitative estimate of drug-likeness (QED) is 0.870. The number of aromatic nitrogens is 1. The van der Waals surface area contributed by atoms with Crippen LogP contribution in [-0.2, 0) is 6.18 Å². The van der Waals surface area contributed by atoms with E-state index in [4.69, 9.17) is 0 Å². The van der Waals surface area contributed by atoms with Gasteiger partial charge in [0.25, 0.3) is 0 Å². The van der Waals surface area contributed by atoms with Crippen LogP contribution < -0.4 is 5.32 Å². The van der Waals surface area contributed by atoms with Crippen LogP contribution in [0.3, 0.4) is 0 Å². The summed E-state index contributed by atoms with van der Waals surface area (Å²) in [6.07, 6.45) is -1.74. The molecule has 0 aliphatic heterocycles. The van der Waals surface area contributed by atoms with Gasteiger partial charge in [0.2, 0.25) is 0 Å². The molecule has 2 N–H and O–H groups in total. The van der Waals surface area contributed by atoms with E-state index >= 15 is 0 Å². The fourth-order valence-corrected chi connectivity index (χ4v) is 2.03. The molecule has 18 heavy (non-hydrogen) atoms. The van der Waals surface area contributed by atoms with Crippen LogP contribution in [0.25, 0.3) is 0 Å². The highest BCUT2D eigenvalue weighted by molar-refractivity contribution is 7.98. The second-order valence-electron chi connectivity index (χ2n) is 4.21. The Hall–Kier alpha value is -0.950. The highest BCUT2D eigenvalue weighted by Gasteiger charge is 2.30. The Bertz CT molecular complexity index is 379. The van der Waals surface area contributed by atoms with Crippen LogP contribution in [0.5, 0.6) is 0 Å². The van der Waals surface area contributed by atoms with Crippen molar-refractivity contribution >= 4 is 17.6 Å². The molecule has 1 aromatic rings. The summed E-state index contributed by atoms with van der Waals surface area (Å²) in [7, 11) is 0. The zero-order chi connectivity index (χ0) is 13.8. The molecule has 0 amide bonds. The minimum absolute atomic E-state index is 0.228. The Balaban J connectivity index is 2.60. The fourth-order valence-electron chi connectivity index (χ4n) is 1.31. The first-order chi connectivity index (χ1) is 8.24. The lowest BCUT2D eigenvalue weighted by molar-refractivity contribution is -0.137. The van der Waals surface area contributed by atoms with Crippen molar-refractivity contribution < 1.29 is 18.3 Å². The second kappa shape index (κ2) is 5.79. The second-order valence-corrected chi connectivity index (χ2v) is 5.08. The number of halogens is 3. The molecule has 0 aromatic carbocycles. The molecule has 3 nitrogen and oxygen atoms in total. The van der Waals surface area contributed by atoms with Crippen molar-refractivity contribution in [3.05, 3.63) is 23.9 Å². The molecule has 0 aliphatic rings. The number of hydrogen-bond donors (Lipinski definition) is 2. The fraction of sp³-hybridized carbons (Fsp3) is 0.545. The van der Waals surface area contributed by atoms with Gasteiger partial charge in [0.1, 0.15) is 5.82 Å². The van der Waals surface area contributed by atoms with Crippen molar-refractivity contribution in [3.63, 3.8) is 0 Å². The third-order valence-electron chi connectivity index (χ3n) is 2.20. The van der Waals surface area contributed by atoms with E-state index in [0.29, 0.717) is 11.6 Å². The number of hydrogen-bond acceptors (Lipinski definition) is 4. The van der Waals surface area contributed by atoms with Gasteiger partial charge in [0.15, 0.2) is 0 Å². The summed E-state index contributed by atoms with van der Waals surface area (Å²) in [5.74, 6) is 0.838. The van der Waals surface area contributed by atoms with Gasteiger partial charge < -0.3 is 10.4 Å². The zero-order valence-electron chi connectivity index (χ0n) is 10.1. The van der Waals surface area contributed by atoms with E-state index in [1.807, 2.05) is 6.26 Å². The molecule has 1 atom stereocenters. The minimum atomic E-state index is -4.38. The van der Waals surface area contributed by atoms with Crippen molar-refractivity contribution in [3.8, 4) is 0 Å². The summed E-state index contributed by atoms with van der Waals surface area (Å²) >= 11 is 1.49. The number of nitrogens with zero attached hydrogens (tertiary/aromatic N) is 1. The Morgan fingerprint density at radius 1 is 1.39 bits per heavy atom. The molecule has 0 aliphatic carbocycles. The number of thioether (sulfide) groups is 1. The van der Waals surface area contributed by atoms with Gasteiger partial charge in [-0.3, -0.25) is 0 Å². The van der Waals surface area contributed by atoms with Gasteiger partial charge >= 0.3 is 6.18 Å². The molecule has 0 spiro atoms. The van der Waals surface area contributed by atoms with E-state index in [2.05, 4.69) is 10.3 Å². The minimum Gasteiger partial charge on any atom is -0.387 e. The van der Waals surface area contributed by atoms with E-state index in [1.165, 1.54) is 17.8 Å². The van der Waals surface area contributed by atoms with E-state index in [0.717, 1.165) is 12.3 Å². The third kappa shape index (κ3) is 4.73. The van der Waals surface area contributed by atoms with Gasteiger partial charge in [-0.05, 0) is 25.3 Å².